The summed E-state index contributed by atoms with van der Waals surface area (Å²) in [4.78, 5) is 40.5. The van der Waals surface area contributed by atoms with Crippen molar-refractivity contribution in [1.29, 1.82) is 0 Å². The molecule has 2 amide bonds. The lowest BCUT2D eigenvalue weighted by Crippen LogP contribution is -2.51. The normalized spacial score (nSPS) is 12.8. The standard InChI is InChI=1S/C36H48N6O4S2/c1-27(2)41(21-31(17-29-11-7-5-8-12-29)39-35(43)45-23-33-19-37-25-47-33)15-16-42(28(3)4)22-32(18-30-13-9-6-10-14-30)40-36(44)46-24-34-20-38-26-48-34/h5-14,19-20,25-28,31-32H,15-18,21-24H2,1-4H3,(H,39,43)(H,40,44). The van der Waals surface area contributed by atoms with E-state index < -0.39 is 12.2 Å². The summed E-state index contributed by atoms with van der Waals surface area (Å²) in [6, 6.07) is 20.6. The van der Waals surface area contributed by atoms with Crippen molar-refractivity contribution < 1.29 is 19.1 Å². The molecule has 2 atom stereocenters. The van der Waals surface area contributed by atoms with Crippen LogP contribution in [0.5, 0.6) is 0 Å². The summed E-state index contributed by atoms with van der Waals surface area (Å²) >= 11 is 2.92. The third-order valence-corrected chi connectivity index (χ3v) is 9.50. The fraction of sp³-hybridized carbons (Fsp3) is 0.444. The summed E-state index contributed by atoms with van der Waals surface area (Å²) in [6.07, 6.45) is 3.92. The molecule has 12 heteroatoms. The van der Waals surface area contributed by atoms with Crippen LogP contribution in [-0.2, 0) is 35.5 Å². The number of alkyl carbamates (subject to hydrolysis) is 2. The molecule has 2 aromatic carbocycles. The summed E-state index contributed by atoms with van der Waals surface area (Å²) in [5, 5.41) is 6.26. The van der Waals surface area contributed by atoms with Crippen LogP contribution < -0.4 is 10.6 Å². The molecule has 0 radical (unpaired) electrons. The molecule has 0 saturated carbocycles. The largest absolute Gasteiger partial charge is 0.444 e. The number of benzene rings is 2. The highest BCUT2D eigenvalue weighted by atomic mass is 32.1. The summed E-state index contributed by atoms with van der Waals surface area (Å²) in [5.41, 5.74) is 5.75. The Morgan fingerprint density at radius 1 is 0.667 bits per heavy atom. The van der Waals surface area contributed by atoms with Crippen molar-refractivity contribution in [3.05, 3.63) is 105 Å². The third-order valence-electron chi connectivity index (χ3n) is 8.00. The molecule has 0 aliphatic heterocycles. The van der Waals surface area contributed by atoms with Crippen molar-refractivity contribution in [2.75, 3.05) is 26.2 Å². The summed E-state index contributed by atoms with van der Waals surface area (Å²) in [7, 11) is 0. The number of carbonyl (C=O) groups is 2. The van der Waals surface area contributed by atoms with Crippen LogP contribution in [0.25, 0.3) is 0 Å². The van der Waals surface area contributed by atoms with Gasteiger partial charge in [0.25, 0.3) is 0 Å². The zero-order valence-electron chi connectivity index (χ0n) is 28.3. The number of nitrogens with one attached hydrogen (secondary N) is 2. The van der Waals surface area contributed by atoms with Gasteiger partial charge < -0.3 is 20.1 Å². The highest BCUT2D eigenvalue weighted by molar-refractivity contribution is 7.09. The second kappa shape index (κ2) is 19.9. The molecule has 0 fully saturated rings. The highest BCUT2D eigenvalue weighted by Gasteiger charge is 2.24. The molecule has 48 heavy (non-hydrogen) atoms. The Hall–Kier alpha value is -3.84. The maximum absolute atomic E-state index is 12.9. The van der Waals surface area contributed by atoms with Crippen LogP contribution in [0.4, 0.5) is 9.59 Å². The van der Waals surface area contributed by atoms with E-state index in [1.807, 2.05) is 36.4 Å². The maximum atomic E-state index is 12.9. The quantitative estimate of drug-likeness (QED) is 0.116. The van der Waals surface area contributed by atoms with Crippen molar-refractivity contribution >= 4 is 34.9 Å². The van der Waals surface area contributed by atoms with Gasteiger partial charge in [0, 0.05) is 62.7 Å². The number of aromatic nitrogens is 2. The van der Waals surface area contributed by atoms with Gasteiger partial charge in [-0.1, -0.05) is 60.7 Å². The van der Waals surface area contributed by atoms with Gasteiger partial charge in [-0.05, 0) is 51.7 Å². The van der Waals surface area contributed by atoms with E-state index in [1.54, 1.807) is 23.4 Å². The second-order valence-corrected chi connectivity index (χ2v) is 14.3. The predicted molar refractivity (Wildman–Crippen MR) is 192 cm³/mol. The fourth-order valence-electron chi connectivity index (χ4n) is 5.38. The molecule has 0 aliphatic rings. The van der Waals surface area contributed by atoms with Gasteiger partial charge in [0.2, 0.25) is 0 Å². The minimum atomic E-state index is -0.436. The molecule has 0 bridgehead atoms. The van der Waals surface area contributed by atoms with Crippen molar-refractivity contribution in [2.24, 2.45) is 0 Å². The lowest BCUT2D eigenvalue weighted by molar-refractivity contribution is 0.114. The average molecular weight is 693 g/mol. The van der Waals surface area contributed by atoms with Crippen LogP contribution >= 0.6 is 22.7 Å². The lowest BCUT2D eigenvalue weighted by Gasteiger charge is -2.36. The topological polar surface area (TPSA) is 109 Å². The van der Waals surface area contributed by atoms with Crippen LogP contribution in [-0.4, -0.2) is 82.3 Å². The smallest absolute Gasteiger partial charge is 0.407 e. The van der Waals surface area contributed by atoms with Crippen molar-refractivity contribution in [2.45, 2.75) is 77.9 Å². The Morgan fingerprint density at radius 2 is 1.06 bits per heavy atom. The summed E-state index contributed by atoms with van der Waals surface area (Å²) < 4.78 is 11.1. The van der Waals surface area contributed by atoms with Crippen LogP contribution in [0.1, 0.15) is 48.6 Å². The maximum Gasteiger partial charge on any atom is 0.407 e. The molecule has 2 N–H and O–H groups in total. The molecule has 2 unspecified atom stereocenters. The number of carbonyl (C=O) groups excluding carboxylic acids is 2. The van der Waals surface area contributed by atoms with E-state index in [0.29, 0.717) is 25.9 Å². The molecule has 4 rings (SSSR count). The van der Waals surface area contributed by atoms with E-state index in [-0.39, 0.29) is 37.4 Å². The SMILES string of the molecule is CC(C)N(CCN(CC(Cc1ccccc1)NC(=O)OCc1cncs1)C(C)C)CC(Cc1ccccc1)NC(=O)OCc1cncs1. The molecule has 2 heterocycles. The predicted octanol–water partition coefficient (Wildman–Crippen LogP) is 6.40. The first-order valence-corrected chi connectivity index (χ1v) is 18.2. The number of nitrogens with zero attached hydrogens (tertiary/aromatic N) is 4. The van der Waals surface area contributed by atoms with Crippen molar-refractivity contribution in [3.63, 3.8) is 0 Å². The van der Waals surface area contributed by atoms with Gasteiger partial charge in [-0.2, -0.15) is 0 Å². The molecule has 0 saturated heterocycles. The molecular weight excluding hydrogens is 645 g/mol. The highest BCUT2D eigenvalue weighted by Crippen LogP contribution is 2.13. The molecule has 0 aliphatic carbocycles. The Morgan fingerprint density at radius 3 is 1.40 bits per heavy atom. The zero-order chi connectivity index (χ0) is 34.1. The molecule has 2 aromatic heterocycles. The number of hydrogen-bond donors (Lipinski definition) is 2. The van der Waals surface area contributed by atoms with Crippen LogP contribution in [0, 0.1) is 0 Å². The molecular formula is C36H48N6O4S2. The molecule has 10 nitrogen and oxygen atoms in total. The number of thiazole rings is 2. The average Bonchev–Trinajstić information content (AvgIpc) is 3.80. The van der Waals surface area contributed by atoms with Gasteiger partial charge in [-0.3, -0.25) is 19.8 Å². The minimum absolute atomic E-state index is 0.155. The summed E-state index contributed by atoms with van der Waals surface area (Å²) in [5.74, 6) is 0. The van der Waals surface area contributed by atoms with Gasteiger partial charge >= 0.3 is 12.2 Å². The third kappa shape index (κ3) is 13.3. The summed E-state index contributed by atoms with van der Waals surface area (Å²) in [6.45, 7) is 12.0. The molecule has 0 spiro atoms. The fourth-order valence-corrected chi connectivity index (χ4v) is 6.39. The van der Waals surface area contributed by atoms with Gasteiger partial charge in [0.05, 0.1) is 20.8 Å². The van der Waals surface area contributed by atoms with E-state index in [0.717, 1.165) is 34.0 Å². The van der Waals surface area contributed by atoms with E-state index in [1.165, 1.54) is 22.7 Å². The zero-order valence-corrected chi connectivity index (χ0v) is 29.9. The van der Waals surface area contributed by atoms with Crippen molar-refractivity contribution in [3.8, 4) is 0 Å². The monoisotopic (exact) mass is 692 g/mol. The first-order valence-electron chi connectivity index (χ1n) is 16.4. The van der Waals surface area contributed by atoms with Gasteiger partial charge in [0.15, 0.2) is 0 Å². The number of hydrogen-bond acceptors (Lipinski definition) is 10. The van der Waals surface area contributed by atoms with Crippen LogP contribution in [0.15, 0.2) is 84.1 Å². The van der Waals surface area contributed by atoms with Gasteiger partial charge in [-0.15, -0.1) is 22.7 Å². The van der Waals surface area contributed by atoms with Gasteiger partial charge in [0.1, 0.15) is 13.2 Å². The van der Waals surface area contributed by atoms with Gasteiger partial charge in [-0.25, -0.2) is 9.59 Å². The Bertz CT molecular complexity index is 1340. The number of rotatable bonds is 19. The van der Waals surface area contributed by atoms with Crippen molar-refractivity contribution in [1.82, 2.24) is 30.4 Å². The molecule has 258 valence electrons. The Kier molecular flexibility index (Phi) is 15.3. The Labute approximate surface area is 292 Å². The number of ether oxygens (including phenoxy) is 2. The first kappa shape index (κ1) is 37.0. The van der Waals surface area contributed by atoms with E-state index in [9.17, 15) is 9.59 Å². The van der Waals surface area contributed by atoms with Crippen LogP contribution in [0.2, 0.25) is 0 Å². The Balaban J connectivity index is 1.40. The lowest BCUT2D eigenvalue weighted by atomic mass is 10.0. The first-order chi connectivity index (χ1) is 23.2. The van der Waals surface area contributed by atoms with E-state index >= 15 is 0 Å². The van der Waals surface area contributed by atoms with Crippen LogP contribution in [0.3, 0.4) is 0 Å². The number of amides is 2. The second-order valence-electron chi connectivity index (χ2n) is 12.3. The minimum Gasteiger partial charge on any atom is -0.444 e. The van der Waals surface area contributed by atoms with E-state index in [4.69, 9.17) is 9.47 Å². The molecule has 4 aromatic rings. The van der Waals surface area contributed by atoms with E-state index in [2.05, 4.69) is 82.4 Å².